The summed E-state index contributed by atoms with van der Waals surface area (Å²) in [6.07, 6.45) is 25.1. The summed E-state index contributed by atoms with van der Waals surface area (Å²) in [5.41, 5.74) is 0. The monoisotopic (exact) mass is 838 g/mol. The lowest BCUT2D eigenvalue weighted by Crippen LogP contribution is -2.61. The first-order chi connectivity index (χ1) is 27.4. The Bertz CT molecular complexity index is 1100. The fourth-order valence-electron chi connectivity index (χ4n) is 7.28. The maximum atomic E-state index is 13.0. The molecule has 0 saturated carbocycles. The zero-order valence-corrected chi connectivity index (χ0v) is 36.3. The van der Waals surface area contributed by atoms with Gasteiger partial charge in [-0.05, 0) is 19.3 Å². The summed E-state index contributed by atoms with van der Waals surface area (Å²) in [6, 6.07) is -1.11. The van der Waals surface area contributed by atoms with E-state index in [0.29, 0.717) is 12.8 Å². The molecule has 13 nitrogen and oxygen atoms in total. The van der Waals surface area contributed by atoms with Crippen LogP contribution in [0.5, 0.6) is 0 Å². The van der Waals surface area contributed by atoms with Crippen LogP contribution in [0.2, 0.25) is 0 Å². The van der Waals surface area contributed by atoms with E-state index in [-0.39, 0.29) is 6.42 Å². The number of allylic oxidation sites excluding steroid dienone is 1. The molecule has 1 fully saturated rings. The molecular weight excluding hydrogens is 755 g/mol. The Morgan fingerprint density at radius 1 is 0.702 bits per heavy atom. The highest BCUT2D eigenvalue weighted by Crippen LogP contribution is 2.26. The van der Waals surface area contributed by atoms with Crippen LogP contribution in [0.3, 0.4) is 0 Å². The first kappa shape index (κ1) is 53.8. The first-order valence-corrected chi connectivity index (χ1v) is 24.0. The second-order valence-electron chi connectivity index (χ2n) is 16.1. The maximum absolute atomic E-state index is 13.0. The molecule has 0 aromatic carbocycles. The number of ether oxygens (including phenoxy) is 2. The molecule has 7 N–H and O–H groups in total. The summed E-state index contributed by atoms with van der Waals surface area (Å²) in [4.78, 5) is 13.0. The molecule has 8 unspecified atom stereocenters. The largest absolute Gasteiger partial charge is 0.397 e. The van der Waals surface area contributed by atoms with Crippen molar-refractivity contribution in [1.29, 1.82) is 0 Å². The normalized spacial score (nSPS) is 21.9. The molecule has 1 amide bonds. The Balaban J connectivity index is 2.37. The van der Waals surface area contributed by atoms with Gasteiger partial charge in [-0.3, -0.25) is 9.35 Å². The van der Waals surface area contributed by atoms with Crippen molar-refractivity contribution in [2.45, 2.75) is 243 Å². The minimum atomic E-state index is -5.11. The second-order valence-corrected chi connectivity index (χ2v) is 17.2. The van der Waals surface area contributed by atoms with E-state index in [9.17, 15) is 38.7 Å². The van der Waals surface area contributed by atoms with Crippen molar-refractivity contribution in [3.05, 3.63) is 12.2 Å². The molecule has 0 bridgehead atoms. The van der Waals surface area contributed by atoms with Gasteiger partial charge < -0.3 is 40.3 Å². The van der Waals surface area contributed by atoms with Gasteiger partial charge in [-0.15, -0.1) is 0 Å². The van der Waals surface area contributed by atoms with Gasteiger partial charge in [0.15, 0.2) is 6.29 Å². The first-order valence-electron chi connectivity index (χ1n) is 22.7. The molecule has 0 aromatic heterocycles. The van der Waals surface area contributed by atoms with E-state index in [0.717, 1.165) is 44.9 Å². The molecule has 1 rings (SSSR count). The van der Waals surface area contributed by atoms with Crippen LogP contribution in [0, 0.1) is 0 Å². The Kier molecular flexibility index (Phi) is 32.6. The Hall–Kier alpha value is -1.20. The van der Waals surface area contributed by atoms with Gasteiger partial charge in [-0.25, -0.2) is 4.18 Å². The molecule has 1 aliphatic heterocycles. The number of carbonyl (C=O) groups excluding carboxylic acids is 1. The van der Waals surface area contributed by atoms with Crippen molar-refractivity contribution < 1.29 is 57.0 Å². The van der Waals surface area contributed by atoms with Crippen LogP contribution in [0.15, 0.2) is 12.2 Å². The molecule has 1 aliphatic rings. The minimum Gasteiger partial charge on any atom is -0.394 e. The van der Waals surface area contributed by atoms with Crippen LogP contribution in [0.25, 0.3) is 0 Å². The number of hydrogen-bond acceptors (Lipinski definition) is 11. The third kappa shape index (κ3) is 27.3. The van der Waals surface area contributed by atoms with Crippen molar-refractivity contribution in [2.75, 3.05) is 13.2 Å². The molecule has 0 radical (unpaired) electrons. The van der Waals surface area contributed by atoms with Gasteiger partial charge >= 0.3 is 10.4 Å². The van der Waals surface area contributed by atoms with E-state index in [1.807, 2.05) is 0 Å². The molecule has 0 aromatic rings. The smallest absolute Gasteiger partial charge is 0.394 e. The topological polar surface area (TPSA) is 212 Å². The molecule has 57 heavy (non-hydrogen) atoms. The van der Waals surface area contributed by atoms with Crippen molar-refractivity contribution in [2.24, 2.45) is 0 Å². The van der Waals surface area contributed by atoms with E-state index < -0.39 is 78.5 Å². The highest BCUT2D eigenvalue weighted by atomic mass is 32.3. The molecule has 0 aliphatic carbocycles. The van der Waals surface area contributed by atoms with Gasteiger partial charge in [-0.2, -0.15) is 8.42 Å². The fraction of sp³-hybridized carbons (Fsp3) is 0.930. The lowest BCUT2D eigenvalue weighted by Gasteiger charge is -2.41. The predicted octanol–water partition coefficient (Wildman–Crippen LogP) is 7.36. The van der Waals surface area contributed by atoms with Gasteiger partial charge in [0, 0.05) is 0 Å². The summed E-state index contributed by atoms with van der Waals surface area (Å²) in [5.74, 6) is -0.705. The van der Waals surface area contributed by atoms with Crippen molar-refractivity contribution in [3.63, 3.8) is 0 Å². The average molecular weight is 838 g/mol. The minimum absolute atomic E-state index is 0.247. The summed E-state index contributed by atoms with van der Waals surface area (Å²) < 4.78 is 47.2. The van der Waals surface area contributed by atoms with Crippen LogP contribution in [-0.2, 0) is 28.9 Å². The molecule has 1 saturated heterocycles. The van der Waals surface area contributed by atoms with Crippen LogP contribution in [0.4, 0.5) is 0 Å². The summed E-state index contributed by atoms with van der Waals surface area (Å²) in [6.45, 7) is 3.12. The Labute approximate surface area is 345 Å². The molecule has 1 heterocycles. The van der Waals surface area contributed by atoms with E-state index in [1.165, 1.54) is 122 Å². The Morgan fingerprint density at radius 3 is 1.58 bits per heavy atom. The van der Waals surface area contributed by atoms with Gasteiger partial charge in [0.25, 0.3) is 0 Å². The van der Waals surface area contributed by atoms with Gasteiger partial charge in [-0.1, -0.05) is 187 Å². The maximum Gasteiger partial charge on any atom is 0.397 e. The third-order valence-electron chi connectivity index (χ3n) is 10.9. The van der Waals surface area contributed by atoms with Crippen LogP contribution < -0.4 is 5.32 Å². The third-order valence-corrected chi connectivity index (χ3v) is 11.4. The van der Waals surface area contributed by atoms with Crippen molar-refractivity contribution in [1.82, 2.24) is 5.32 Å². The number of nitrogens with one attached hydrogen (secondary N) is 1. The summed E-state index contributed by atoms with van der Waals surface area (Å²) in [7, 11) is -5.11. The molecule has 8 atom stereocenters. The van der Waals surface area contributed by atoms with E-state index >= 15 is 0 Å². The van der Waals surface area contributed by atoms with E-state index in [4.69, 9.17) is 14.0 Å². The number of rotatable bonds is 38. The van der Waals surface area contributed by atoms with Gasteiger partial charge in [0.05, 0.1) is 25.4 Å². The van der Waals surface area contributed by atoms with Crippen molar-refractivity contribution >= 4 is 16.3 Å². The van der Waals surface area contributed by atoms with Crippen LogP contribution in [-0.4, -0.2) is 107 Å². The van der Waals surface area contributed by atoms with Crippen LogP contribution in [0.1, 0.15) is 194 Å². The number of amides is 1. The van der Waals surface area contributed by atoms with Gasteiger partial charge in [0.2, 0.25) is 5.91 Å². The lowest BCUT2D eigenvalue weighted by atomic mass is 9.99. The number of aliphatic hydroxyl groups excluding tert-OH is 5. The number of hydrogen-bond donors (Lipinski definition) is 7. The summed E-state index contributed by atoms with van der Waals surface area (Å²) >= 11 is 0. The highest BCUT2D eigenvalue weighted by molar-refractivity contribution is 7.80. The van der Waals surface area contributed by atoms with E-state index in [2.05, 4.69) is 23.3 Å². The van der Waals surface area contributed by atoms with Gasteiger partial charge in [0.1, 0.15) is 30.5 Å². The Morgan fingerprint density at radius 2 is 1.14 bits per heavy atom. The molecule has 14 heteroatoms. The zero-order chi connectivity index (χ0) is 42.2. The lowest BCUT2D eigenvalue weighted by molar-refractivity contribution is -0.298. The van der Waals surface area contributed by atoms with Crippen molar-refractivity contribution in [3.8, 4) is 0 Å². The SMILES string of the molecule is CCCCCC/C=C/C(O)C(COC1OC(CO)C(O)C(OS(=O)(=O)O)C1O)NC(=O)C(O)CCCCCCCCCCCCCCCCCCCCCCCC. The number of carbonyl (C=O) groups is 1. The quantitative estimate of drug-likeness (QED) is 0.0185. The number of unbranched alkanes of at least 4 members (excludes halogenated alkanes) is 25. The molecular formula is C43H83NO12S. The molecule has 0 spiro atoms. The fourth-order valence-corrected chi connectivity index (χ4v) is 7.79. The van der Waals surface area contributed by atoms with E-state index in [1.54, 1.807) is 6.08 Å². The second kappa shape index (κ2) is 34.5. The highest BCUT2D eigenvalue weighted by Gasteiger charge is 2.48. The summed E-state index contributed by atoms with van der Waals surface area (Å²) in [5, 5.41) is 54.8. The average Bonchev–Trinajstić information content (AvgIpc) is 3.18. The zero-order valence-electron chi connectivity index (χ0n) is 35.5. The molecule has 338 valence electrons. The standard InChI is InChI=1S/C43H83NO12S/c1-3-5-7-9-11-12-13-14-15-16-17-18-19-20-21-22-23-24-25-26-28-30-32-37(47)42(50)44-35(36(46)31-29-27-10-8-6-4-2)34-54-43-40(49)41(56-57(51,52)53)39(48)38(33-45)55-43/h29,31,35-41,43,45-49H,3-28,30,32-34H2,1-2H3,(H,44,50)(H,51,52,53)/b31-29+. The van der Waals surface area contributed by atoms with Crippen LogP contribution >= 0.6 is 0 Å². The predicted molar refractivity (Wildman–Crippen MR) is 224 cm³/mol. The number of aliphatic hydroxyl groups is 5.